The lowest BCUT2D eigenvalue weighted by Gasteiger charge is -2.26. The van der Waals surface area contributed by atoms with Crippen molar-refractivity contribution in [1.82, 2.24) is 5.32 Å². The highest BCUT2D eigenvalue weighted by Gasteiger charge is 2.29. The number of hydrogen-bond acceptors (Lipinski definition) is 6. The van der Waals surface area contributed by atoms with Gasteiger partial charge in [-0.1, -0.05) is 73.9 Å². The van der Waals surface area contributed by atoms with E-state index in [2.05, 4.69) is 17.5 Å². The van der Waals surface area contributed by atoms with E-state index >= 15 is 0 Å². The van der Waals surface area contributed by atoms with Gasteiger partial charge < -0.3 is 19.9 Å². The number of unbranched alkanes of at least 4 members (excludes halogenated alkanes) is 1. The standard InChI is InChI=1S/C33H49NO6/c1-8-34-33(38)39-20-19-25(4)22-27(6)32(37)28(7)31(36)26(5)21-24(3)14-11-9-10-13-23(2)17-18-29-15-12-16-30(35)40-29/h11-14,16-19,21,26-29,32,37H,8-10,15,20,22H2,1-7H3,(H,34,38)/b14-11+,18-17+,23-13-,24-21+,25-19+. The Labute approximate surface area is 240 Å². The molecule has 0 fully saturated rings. The highest BCUT2D eigenvalue weighted by Crippen LogP contribution is 2.24. The number of carbonyl (C=O) groups is 3. The topological polar surface area (TPSA) is 102 Å². The molecule has 1 rings (SSSR count). The highest BCUT2D eigenvalue weighted by atomic mass is 16.5. The van der Waals surface area contributed by atoms with Crippen LogP contribution in [0.4, 0.5) is 4.79 Å². The van der Waals surface area contributed by atoms with Crippen LogP contribution >= 0.6 is 0 Å². The van der Waals surface area contributed by atoms with Gasteiger partial charge in [-0.05, 0) is 65.0 Å². The number of amides is 1. The van der Waals surface area contributed by atoms with Crippen molar-refractivity contribution in [3.8, 4) is 0 Å². The summed E-state index contributed by atoms with van der Waals surface area (Å²) in [5.41, 5.74) is 3.12. The number of rotatable bonds is 16. The highest BCUT2D eigenvalue weighted by molar-refractivity contribution is 5.85. The van der Waals surface area contributed by atoms with E-state index in [9.17, 15) is 19.5 Å². The molecule has 0 aromatic heterocycles. The van der Waals surface area contributed by atoms with Gasteiger partial charge in [-0.2, -0.15) is 0 Å². The molecule has 7 nitrogen and oxygen atoms in total. The Kier molecular flexibility index (Phi) is 16.5. The largest absolute Gasteiger partial charge is 0.455 e. The van der Waals surface area contributed by atoms with E-state index in [0.717, 1.165) is 29.6 Å². The fourth-order valence-corrected chi connectivity index (χ4v) is 4.43. The van der Waals surface area contributed by atoms with Gasteiger partial charge in [0.05, 0.1) is 6.10 Å². The molecule has 0 saturated heterocycles. The van der Waals surface area contributed by atoms with Gasteiger partial charge in [0.1, 0.15) is 18.5 Å². The van der Waals surface area contributed by atoms with Crippen molar-refractivity contribution < 1.29 is 29.0 Å². The van der Waals surface area contributed by atoms with E-state index in [0.29, 0.717) is 19.4 Å². The smallest absolute Gasteiger partial charge is 0.407 e. The maximum Gasteiger partial charge on any atom is 0.407 e. The Morgan fingerprint density at radius 3 is 2.52 bits per heavy atom. The lowest BCUT2D eigenvalue weighted by Crippen LogP contribution is -2.34. The molecular formula is C33H49NO6. The van der Waals surface area contributed by atoms with Crippen molar-refractivity contribution in [2.75, 3.05) is 13.2 Å². The maximum atomic E-state index is 13.0. The minimum atomic E-state index is -0.766. The summed E-state index contributed by atoms with van der Waals surface area (Å²) in [5.74, 6) is -1.20. The molecule has 1 aliphatic rings. The summed E-state index contributed by atoms with van der Waals surface area (Å²) in [6, 6.07) is 0. The van der Waals surface area contributed by atoms with Crippen LogP contribution in [0.5, 0.6) is 0 Å². The van der Waals surface area contributed by atoms with Gasteiger partial charge in [0.15, 0.2) is 0 Å². The molecule has 0 radical (unpaired) electrons. The molecule has 1 heterocycles. The molecule has 0 aromatic rings. The summed E-state index contributed by atoms with van der Waals surface area (Å²) >= 11 is 0. The van der Waals surface area contributed by atoms with E-state index in [1.54, 1.807) is 6.92 Å². The number of hydrogen-bond donors (Lipinski definition) is 2. The van der Waals surface area contributed by atoms with Gasteiger partial charge in [-0.15, -0.1) is 0 Å². The van der Waals surface area contributed by atoms with Crippen molar-refractivity contribution in [3.05, 3.63) is 71.4 Å². The number of cyclic esters (lactones) is 1. The molecular weight excluding hydrogens is 506 g/mol. The number of Topliss-reactive ketones (excluding diaryl/α,β-unsaturated/α-hetero) is 1. The Balaban J connectivity index is 2.49. The van der Waals surface area contributed by atoms with Crippen LogP contribution in [0.15, 0.2) is 71.4 Å². The van der Waals surface area contributed by atoms with Gasteiger partial charge in [-0.25, -0.2) is 9.59 Å². The molecule has 2 N–H and O–H groups in total. The van der Waals surface area contributed by atoms with E-state index in [-0.39, 0.29) is 36.3 Å². The predicted molar refractivity (Wildman–Crippen MR) is 161 cm³/mol. The molecule has 5 unspecified atom stereocenters. The molecule has 1 amide bonds. The fraction of sp³-hybridized carbons (Fsp3) is 0.545. The number of ketones is 1. The predicted octanol–water partition coefficient (Wildman–Crippen LogP) is 6.56. The maximum absolute atomic E-state index is 13.0. The number of alkyl carbamates (subject to hydrolysis) is 1. The molecule has 0 bridgehead atoms. The normalized spacial score (nSPS) is 19.9. The molecule has 0 aliphatic carbocycles. The lowest BCUT2D eigenvalue weighted by molar-refractivity contribution is -0.141. The zero-order valence-electron chi connectivity index (χ0n) is 25.3. The van der Waals surface area contributed by atoms with Gasteiger partial charge in [0.2, 0.25) is 0 Å². The lowest BCUT2D eigenvalue weighted by atomic mass is 9.83. The van der Waals surface area contributed by atoms with E-state index in [4.69, 9.17) is 9.47 Å². The molecule has 5 atom stereocenters. The molecule has 40 heavy (non-hydrogen) atoms. The summed E-state index contributed by atoms with van der Waals surface area (Å²) in [6.45, 7) is 14.0. The zero-order valence-corrected chi connectivity index (χ0v) is 25.3. The summed E-state index contributed by atoms with van der Waals surface area (Å²) in [5, 5.41) is 13.4. The molecule has 0 saturated carbocycles. The second-order valence-corrected chi connectivity index (χ2v) is 10.6. The number of aliphatic hydroxyl groups excluding tert-OH is 1. The number of esters is 1. The van der Waals surface area contributed by atoms with Crippen LogP contribution in [0.1, 0.15) is 74.1 Å². The summed E-state index contributed by atoms with van der Waals surface area (Å²) in [7, 11) is 0. The van der Waals surface area contributed by atoms with Gasteiger partial charge in [0.25, 0.3) is 0 Å². The Morgan fingerprint density at radius 2 is 1.85 bits per heavy atom. The van der Waals surface area contributed by atoms with Gasteiger partial charge in [0, 0.05) is 30.9 Å². The third kappa shape index (κ3) is 14.3. The number of nitrogens with one attached hydrogen (secondary N) is 1. The molecule has 0 spiro atoms. The fourth-order valence-electron chi connectivity index (χ4n) is 4.43. The number of aliphatic hydroxyl groups is 1. The van der Waals surface area contributed by atoms with Crippen LogP contribution < -0.4 is 5.32 Å². The van der Waals surface area contributed by atoms with E-state index in [1.165, 1.54) is 6.08 Å². The molecule has 222 valence electrons. The quantitative estimate of drug-likeness (QED) is 0.0967. The Hall–Kier alpha value is -3.19. The van der Waals surface area contributed by atoms with Gasteiger partial charge in [-0.3, -0.25) is 4.79 Å². The molecule has 7 heteroatoms. The second kappa shape index (κ2) is 19.0. The first-order valence-corrected chi connectivity index (χ1v) is 14.3. The summed E-state index contributed by atoms with van der Waals surface area (Å²) in [4.78, 5) is 35.7. The van der Waals surface area contributed by atoms with Crippen molar-refractivity contribution in [2.45, 2.75) is 86.4 Å². The minimum absolute atomic E-state index is 0.0118. The van der Waals surface area contributed by atoms with Gasteiger partial charge >= 0.3 is 12.1 Å². The van der Waals surface area contributed by atoms with E-state index < -0.39 is 18.1 Å². The van der Waals surface area contributed by atoms with Crippen molar-refractivity contribution >= 4 is 17.8 Å². The van der Waals surface area contributed by atoms with Crippen LogP contribution in [0.3, 0.4) is 0 Å². The van der Waals surface area contributed by atoms with Crippen LogP contribution in [-0.2, 0) is 19.1 Å². The third-order valence-electron chi connectivity index (χ3n) is 6.76. The molecule has 1 aliphatic heterocycles. The first kappa shape index (κ1) is 34.8. The zero-order chi connectivity index (χ0) is 30.1. The Bertz CT molecular complexity index is 1020. The molecule has 0 aromatic carbocycles. The average Bonchev–Trinajstić information content (AvgIpc) is 2.90. The number of allylic oxidation sites excluding steroid dienone is 8. The van der Waals surface area contributed by atoms with Crippen molar-refractivity contribution in [1.29, 1.82) is 0 Å². The SMILES string of the molecule is CCNC(=O)OC/C=C(\C)CC(C)C(O)C(C)C(=O)C(C)/C=C(C)/C=C/CC/C=C(C)\C=C\C1CC=CC(=O)O1. The van der Waals surface area contributed by atoms with Crippen molar-refractivity contribution in [3.63, 3.8) is 0 Å². The average molecular weight is 556 g/mol. The number of ether oxygens (including phenoxy) is 2. The first-order chi connectivity index (χ1) is 18.9. The number of carbonyl (C=O) groups excluding carboxylic acids is 3. The van der Waals surface area contributed by atoms with Crippen LogP contribution in [0.25, 0.3) is 0 Å². The Morgan fingerprint density at radius 1 is 1.12 bits per heavy atom. The first-order valence-electron chi connectivity index (χ1n) is 14.3. The van der Waals surface area contributed by atoms with Crippen molar-refractivity contribution in [2.24, 2.45) is 17.8 Å². The van der Waals surface area contributed by atoms with Crippen LogP contribution in [0.2, 0.25) is 0 Å². The van der Waals surface area contributed by atoms with Crippen LogP contribution in [-0.4, -0.2) is 48.3 Å². The third-order valence-corrected chi connectivity index (χ3v) is 6.76. The minimum Gasteiger partial charge on any atom is -0.455 e. The van der Waals surface area contributed by atoms with Crippen LogP contribution in [0, 0.1) is 17.8 Å². The summed E-state index contributed by atoms with van der Waals surface area (Å²) < 4.78 is 10.3. The second-order valence-electron chi connectivity index (χ2n) is 10.6. The summed E-state index contributed by atoms with van der Waals surface area (Å²) in [6.07, 6.45) is 18.9. The van der Waals surface area contributed by atoms with E-state index in [1.807, 2.05) is 78.0 Å². The monoisotopic (exact) mass is 555 g/mol.